The second-order valence-corrected chi connectivity index (χ2v) is 9.03. The summed E-state index contributed by atoms with van der Waals surface area (Å²) in [5.41, 5.74) is 5.03. The van der Waals surface area contributed by atoms with Crippen molar-refractivity contribution in [3.8, 4) is 0 Å². The summed E-state index contributed by atoms with van der Waals surface area (Å²) < 4.78 is 41.4. The Kier molecular flexibility index (Phi) is 6.15. The van der Waals surface area contributed by atoms with E-state index in [1.807, 2.05) is 0 Å². The molecule has 0 bridgehead atoms. The predicted octanol–water partition coefficient (Wildman–Crippen LogP) is 5.72. The number of aromatic nitrogens is 2. The van der Waals surface area contributed by atoms with Gasteiger partial charge in [0.15, 0.2) is 0 Å². The number of carbonyl (C=O) groups is 2. The molecule has 34 heavy (non-hydrogen) atoms. The van der Waals surface area contributed by atoms with Crippen molar-refractivity contribution in [3.05, 3.63) is 52.0 Å². The Morgan fingerprint density at radius 3 is 2.29 bits per heavy atom. The van der Waals surface area contributed by atoms with Crippen LogP contribution in [0.5, 0.6) is 0 Å². The molecule has 1 heterocycles. The molecule has 4 N–H and O–H groups in total. The molecule has 12 heteroatoms. The van der Waals surface area contributed by atoms with Crippen molar-refractivity contribution < 1.29 is 27.9 Å². The van der Waals surface area contributed by atoms with Gasteiger partial charge in [-0.15, -0.1) is 0 Å². The van der Waals surface area contributed by atoms with Crippen LogP contribution in [-0.4, -0.2) is 32.7 Å². The van der Waals surface area contributed by atoms with Crippen molar-refractivity contribution in [2.45, 2.75) is 37.4 Å². The van der Waals surface area contributed by atoms with Crippen LogP contribution in [0.4, 0.5) is 24.8 Å². The molecule has 1 aliphatic rings. The van der Waals surface area contributed by atoms with Gasteiger partial charge in [-0.05, 0) is 56.0 Å². The monoisotopic (exact) mass is 514 g/mol. The zero-order chi connectivity index (χ0) is 24.8. The van der Waals surface area contributed by atoms with Crippen LogP contribution >= 0.6 is 23.2 Å². The normalized spacial score (nSPS) is 20.9. The van der Waals surface area contributed by atoms with Gasteiger partial charge >= 0.3 is 12.1 Å². The lowest BCUT2D eigenvalue weighted by molar-refractivity contribution is -0.187. The van der Waals surface area contributed by atoms with E-state index in [0.29, 0.717) is 5.52 Å². The van der Waals surface area contributed by atoms with E-state index in [4.69, 9.17) is 28.9 Å². The average molecular weight is 515 g/mol. The molecule has 1 aliphatic carbocycles. The maximum Gasteiger partial charge on any atom is 0.391 e. The van der Waals surface area contributed by atoms with Crippen molar-refractivity contribution in [1.29, 1.82) is 0 Å². The number of primary amides is 1. The van der Waals surface area contributed by atoms with Crippen LogP contribution < -0.4 is 11.1 Å². The number of amides is 1. The van der Waals surface area contributed by atoms with Gasteiger partial charge in [0.05, 0.1) is 38.2 Å². The second-order valence-electron chi connectivity index (χ2n) is 8.21. The first-order valence-electron chi connectivity index (χ1n) is 10.3. The highest BCUT2D eigenvalue weighted by atomic mass is 35.5. The van der Waals surface area contributed by atoms with E-state index in [2.05, 4.69) is 10.3 Å². The van der Waals surface area contributed by atoms with Crippen LogP contribution in [0.25, 0.3) is 11.0 Å². The van der Waals surface area contributed by atoms with E-state index in [0.717, 1.165) is 0 Å². The standard InChI is InChI=1S/C22H19Cl2F3N4O3/c23-13-2-1-3-14(24)17(13)30-20-29-15-10-11(18(32)33)4-5-16(15)31(20)21(19(28)34)8-6-12(7-9-21)22(25,26)27/h1-5,10,12H,6-9H2,(H2,28,34)(H,29,30)(H,32,33). The summed E-state index contributed by atoms with van der Waals surface area (Å²) in [4.78, 5) is 28.7. The van der Waals surface area contributed by atoms with Gasteiger partial charge in [-0.1, -0.05) is 29.3 Å². The molecular formula is C22H19Cl2F3N4O3. The number of benzene rings is 2. The largest absolute Gasteiger partial charge is 0.478 e. The van der Waals surface area contributed by atoms with Crippen LogP contribution in [-0.2, 0) is 10.3 Å². The number of imidazole rings is 1. The average Bonchev–Trinajstić information content (AvgIpc) is 3.13. The number of aromatic carboxylic acids is 1. The zero-order valence-electron chi connectivity index (χ0n) is 17.5. The lowest BCUT2D eigenvalue weighted by Gasteiger charge is -2.40. The third-order valence-electron chi connectivity index (χ3n) is 6.26. The van der Waals surface area contributed by atoms with Crippen LogP contribution in [0, 0.1) is 5.92 Å². The Bertz CT molecular complexity index is 1260. The third kappa shape index (κ3) is 4.16. The topological polar surface area (TPSA) is 110 Å². The Balaban J connectivity index is 1.91. The minimum absolute atomic E-state index is 0.0478. The smallest absolute Gasteiger partial charge is 0.391 e. The Hall–Kier alpha value is -2.98. The van der Waals surface area contributed by atoms with Gasteiger partial charge in [-0.2, -0.15) is 13.2 Å². The number of hydrogen-bond acceptors (Lipinski definition) is 4. The number of carboxylic acid groups (broad SMARTS) is 1. The van der Waals surface area contributed by atoms with E-state index < -0.39 is 29.5 Å². The number of nitrogens with zero attached hydrogens (tertiary/aromatic N) is 2. The van der Waals surface area contributed by atoms with Gasteiger partial charge in [0, 0.05) is 0 Å². The maximum atomic E-state index is 13.3. The number of alkyl halides is 3. The highest BCUT2D eigenvalue weighted by Crippen LogP contribution is 2.47. The van der Waals surface area contributed by atoms with E-state index >= 15 is 0 Å². The van der Waals surface area contributed by atoms with Crippen LogP contribution in [0.15, 0.2) is 36.4 Å². The summed E-state index contributed by atoms with van der Waals surface area (Å²) in [5.74, 6) is -3.50. The third-order valence-corrected chi connectivity index (χ3v) is 6.89. The van der Waals surface area contributed by atoms with Crippen LogP contribution in [0.3, 0.4) is 0 Å². The quantitative estimate of drug-likeness (QED) is 0.403. The van der Waals surface area contributed by atoms with Crippen molar-refractivity contribution >= 4 is 57.7 Å². The van der Waals surface area contributed by atoms with Crippen LogP contribution in [0.1, 0.15) is 36.0 Å². The fourth-order valence-electron chi connectivity index (χ4n) is 4.46. The molecule has 1 saturated carbocycles. The molecule has 0 saturated heterocycles. The minimum Gasteiger partial charge on any atom is -0.478 e. The molecule has 3 aromatic rings. The van der Waals surface area contributed by atoms with Gasteiger partial charge in [0.25, 0.3) is 0 Å². The highest BCUT2D eigenvalue weighted by Gasteiger charge is 2.50. The first-order valence-corrected chi connectivity index (χ1v) is 11.0. The van der Waals surface area contributed by atoms with Crippen molar-refractivity contribution in [1.82, 2.24) is 9.55 Å². The zero-order valence-corrected chi connectivity index (χ0v) is 19.0. The molecule has 0 atom stereocenters. The van der Waals surface area contributed by atoms with Crippen molar-refractivity contribution in [2.75, 3.05) is 5.32 Å². The number of carboxylic acids is 1. The Morgan fingerprint density at radius 2 is 1.76 bits per heavy atom. The van der Waals surface area contributed by atoms with Gasteiger partial charge in [-0.25, -0.2) is 9.78 Å². The fraction of sp³-hybridized carbons (Fsp3) is 0.318. The first-order chi connectivity index (χ1) is 15.9. The molecular weight excluding hydrogens is 496 g/mol. The summed E-state index contributed by atoms with van der Waals surface area (Å²) >= 11 is 12.5. The number of para-hydroxylation sites is 1. The molecule has 0 aliphatic heterocycles. The van der Waals surface area contributed by atoms with E-state index in [1.54, 1.807) is 18.2 Å². The predicted molar refractivity (Wildman–Crippen MR) is 122 cm³/mol. The molecule has 7 nitrogen and oxygen atoms in total. The number of hydrogen-bond donors (Lipinski definition) is 3. The molecule has 0 spiro atoms. The molecule has 4 rings (SSSR count). The van der Waals surface area contributed by atoms with Gasteiger partial charge < -0.3 is 16.2 Å². The van der Waals surface area contributed by atoms with E-state index in [-0.39, 0.29) is 58.4 Å². The molecule has 1 amide bonds. The van der Waals surface area contributed by atoms with Gasteiger partial charge in [0.2, 0.25) is 11.9 Å². The summed E-state index contributed by atoms with van der Waals surface area (Å²) in [6.45, 7) is 0. The van der Waals surface area contributed by atoms with E-state index in [1.165, 1.54) is 22.8 Å². The molecule has 0 unspecified atom stereocenters. The number of fused-ring (bicyclic) bond motifs is 1. The molecule has 2 aromatic carbocycles. The summed E-state index contributed by atoms with van der Waals surface area (Å²) in [5, 5.41) is 12.8. The van der Waals surface area contributed by atoms with Crippen LogP contribution in [0.2, 0.25) is 10.0 Å². The minimum atomic E-state index is -4.39. The summed E-state index contributed by atoms with van der Waals surface area (Å²) in [6, 6.07) is 8.86. The van der Waals surface area contributed by atoms with Gasteiger partial charge in [-0.3, -0.25) is 9.36 Å². The Morgan fingerprint density at radius 1 is 1.15 bits per heavy atom. The highest BCUT2D eigenvalue weighted by molar-refractivity contribution is 6.39. The Labute approximate surface area is 201 Å². The fourth-order valence-corrected chi connectivity index (χ4v) is 4.95. The molecule has 180 valence electrons. The number of halogens is 5. The summed E-state index contributed by atoms with van der Waals surface area (Å²) in [7, 11) is 0. The SMILES string of the molecule is NC(=O)C1(n2c(Nc3c(Cl)cccc3Cl)nc3cc(C(=O)O)ccc32)CCC(C(F)(F)F)CC1. The van der Waals surface area contributed by atoms with E-state index in [9.17, 15) is 27.9 Å². The number of carbonyl (C=O) groups excluding carboxylic acids is 1. The number of nitrogens with one attached hydrogen (secondary N) is 1. The molecule has 1 aromatic heterocycles. The van der Waals surface area contributed by atoms with Crippen molar-refractivity contribution in [2.24, 2.45) is 11.7 Å². The maximum absolute atomic E-state index is 13.3. The number of nitrogens with two attached hydrogens (primary N) is 1. The van der Waals surface area contributed by atoms with Gasteiger partial charge in [0.1, 0.15) is 5.54 Å². The molecule has 1 fully saturated rings. The molecule has 0 radical (unpaired) electrons. The number of anilines is 2. The lowest BCUT2D eigenvalue weighted by atomic mass is 9.75. The first kappa shape index (κ1) is 24.2. The summed E-state index contributed by atoms with van der Waals surface area (Å²) in [6.07, 6.45) is -5.34. The second kappa shape index (κ2) is 8.66. The number of rotatable bonds is 5. The lowest BCUT2D eigenvalue weighted by Crippen LogP contribution is -2.50. The van der Waals surface area contributed by atoms with Crippen molar-refractivity contribution in [3.63, 3.8) is 0 Å².